The molecule has 1 aliphatic rings. The second-order valence-electron chi connectivity index (χ2n) is 4.39. The van der Waals surface area contributed by atoms with Crippen LogP contribution in [0.5, 0.6) is 0 Å². The molecule has 1 saturated heterocycles. The third-order valence-corrected chi connectivity index (χ3v) is 3.20. The highest BCUT2D eigenvalue weighted by Gasteiger charge is 2.13. The molecule has 0 aromatic rings. The Morgan fingerprint density at radius 3 is 2.82 bits per heavy atom. The number of hydrogen-bond acceptors (Lipinski definition) is 2. The van der Waals surface area contributed by atoms with Gasteiger partial charge in [0.1, 0.15) is 0 Å². The first-order valence-electron chi connectivity index (χ1n) is 6.41. The highest BCUT2D eigenvalue weighted by Crippen LogP contribution is 2.12. The van der Waals surface area contributed by atoms with E-state index in [1.807, 2.05) is 6.08 Å². The second kappa shape index (κ2) is 9.49. The minimum Gasteiger partial charge on any atom is -0.381 e. The van der Waals surface area contributed by atoms with Crippen LogP contribution in [0, 0.1) is 5.92 Å². The Bertz CT molecular complexity index is 238. The Kier molecular flexibility index (Phi) is 8.10. The summed E-state index contributed by atoms with van der Waals surface area (Å²) in [6, 6.07) is 0. The van der Waals surface area contributed by atoms with Gasteiger partial charge in [0.15, 0.2) is 0 Å². The summed E-state index contributed by atoms with van der Waals surface area (Å²) in [6.07, 6.45) is 8.65. The van der Waals surface area contributed by atoms with Crippen molar-refractivity contribution in [3.8, 4) is 0 Å². The summed E-state index contributed by atoms with van der Waals surface area (Å²) in [6.45, 7) is 2.43. The third-order valence-electron chi connectivity index (χ3n) is 2.93. The average Bonchev–Trinajstić information content (AvgIpc) is 2.37. The van der Waals surface area contributed by atoms with Gasteiger partial charge in [-0.3, -0.25) is 4.79 Å². The molecule has 1 heterocycles. The van der Waals surface area contributed by atoms with Gasteiger partial charge in [0.25, 0.3) is 0 Å². The van der Waals surface area contributed by atoms with E-state index in [9.17, 15) is 4.79 Å². The Balaban J connectivity index is 2.03. The predicted octanol–water partition coefficient (Wildman–Crippen LogP) is 2.49. The molecule has 1 aliphatic heterocycles. The Labute approximate surface area is 109 Å². The Morgan fingerprint density at radius 2 is 2.12 bits per heavy atom. The van der Waals surface area contributed by atoms with Crippen molar-refractivity contribution in [2.24, 2.45) is 5.92 Å². The molecule has 0 aromatic heterocycles. The Hall–Kier alpha value is -0.540. The molecule has 1 rings (SSSR count). The van der Waals surface area contributed by atoms with Gasteiger partial charge in [-0.1, -0.05) is 6.08 Å². The van der Waals surface area contributed by atoms with Crippen LogP contribution in [0.25, 0.3) is 0 Å². The first kappa shape index (κ1) is 14.5. The fraction of sp³-hybridized carbons (Fsp3) is 0.769. The molecule has 3 nitrogen and oxygen atoms in total. The molecule has 98 valence electrons. The molecule has 0 aromatic carbocycles. The first-order chi connectivity index (χ1) is 8.33. The number of ether oxygens (including phenoxy) is 1. The second-order valence-corrected chi connectivity index (χ2v) is 4.77. The normalized spacial score (nSPS) is 17.5. The maximum absolute atomic E-state index is 11.5. The van der Waals surface area contributed by atoms with Crippen molar-refractivity contribution in [2.75, 3.05) is 25.6 Å². The summed E-state index contributed by atoms with van der Waals surface area (Å²) >= 11 is 5.57. The quantitative estimate of drug-likeness (QED) is 0.433. The van der Waals surface area contributed by atoms with E-state index in [-0.39, 0.29) is 5.91 Å². The molecule has 0 radical (unpaired) electrons. The SMILES string of the molecule is O=C(C=CCCCCCl)NCC1CCOCC1. The number of carbonyl (C=O) groups excluding carboxylic acids is 1. The monoisotopic (exact) mass is 259 g/mol. The molecule has 0 saturated carbocycles. The molecule has 0 spiro atoms. The molecule has 17 heavy (non-hydrogen) atoms. The number of rotatable bonds is 7. The molecular weight excluding hydrogens is 238 g/mol. The van der Waals surface area contributed by atoms with Crippen molar-refractivity contribution in [3.05, 3.63) is 12.2 Å². The molecule has 1 fully saturated rings. The van der Waals surface area contributed by atoms with E-state index in [0.29, 0.717) is 11.8 Å². The maximum Gasteiger partial charge on any atom is 0.243 e. The summed E-state index contributed by atoms with van der Waals surface area (Å²) in [7, 11) is 0. The van der Waals surface area contributed by atoms with Crippen LogP contribution in [0.3, 0.4) is 0 Å². The number of alkyl halides is 1. The van der Waals surface area contributed by atoms with Gasteiger partial charge in [0, 0.05) is 25.6 Å². The summed E-state index contributed by atoms with van der Waals surface area (Å²) in [5.74, 6) is 1.30. The van der Waals surface area contributed by atoms with E-state index in [1.54, 1.807) is 6.08 Å². The van der Waals surface area contributed by atoms with Crippen LogP contribution in [0.4, 0.5) is 0 Å². The average molecular weight is 260 g/mol. The van der Waals surface area contributed by atoms with E-state index in [0.717, 1.165) is 51.9 Å². The highest BCUT2D eigenvalue weighted by molar-refractivity contribution is 6.17. The summed E-state index contributed by atoms with van der Waals surface area (Å²) in [5.41, 5.74) is 0. The summed E-state index contributed by atoms with van der Waals surface area (Å²) < 4.78 is 5.27. The van der Waals surface area contributed by atoms with Crippen LogP contribution in [0.2, 0.25) is 0 Å². The first-order valence-corrected chi connectivity index (χ1v) is 6.94. The van der Waals surface area contributed by atoms with Gasteiger partial charge in [0.05, 0.1) is 0 Å². The van der Waals surface area contributed by atoms with Crippen LogP contribution in [-0.4, -0.2) is 31.5 Å². The zero-order valence-corrected chi connectivity index (χ0v) is 11.0. The molecular formula is C13H22ClNO2. The van der Waals surface area contributed by atoms with E-state index in [4.69, 9.17) is 16.3 Å². The molecule has 0 unspecified atom stereocenters. The number of unbranched alkanes of at least 4 members (excludes halogenated alkanes) is 2. The lowest BCUT2D eigenvalue weighted by Crippen LogP contribution is -2.31. The number of allylic oxidation sites excluding steroid dienone is 1. The number of halogens is 1. The highest BCUT2D eigenvalue weighted by atomic mass is 35.5. The zero-order valence-electron chi connectivity index (χ0n) is 10.3. The standard InChI is InChI=1S/C13H22ClNO2/c14-8-4-2-1-3-5-13(16)15-11-12-6-9-17-10-7-12/h3,5,12H,1-2,4,6-11H2,(H,15,16). The topological polar surface area (TPSA) is 38.3 Å². The van der Waals surface area contributed by atoms with E-state index < -0.39 is 0 Å². The smallest absolute Gasteiger partial charge is 0.243 e. The van der Waals surface area contributed by atoms with Crippen molar-refractivity contribution < 1.29 is 9.53 Å². The van der Waals surface area contributed by atoms with Gasteiger partial charge in [-0.05, 0) is 44.1 Å². The van der Waals surface area contributed by atoms with Gasteiger partial charge in [-0.15, -0.1) is 11.6 Å². The largest absolute Gasteiger partial charge is 0.381 e. The van der Waals surface area contributed by atoms with E-state index >= 15 is 0 Å². The predicted molar refractivity (Wildman–Crippen MR) is 70.3 cm³/mol. The molecule has 1 amide bonds. The van der Waals surface area contributed by atoms with Gasteiger partial charge in [-0.2, -0.15) is 0 Å². The Morgan fingerprint density at radius 1 is 1.35 bits per heavy atom. The summed E-state index contributed by atoms with van der Waals surface area (Å²) in [5, 5.41) is 2.94. The van der Waals surface area contributed by atoms with Crippen molar-refractivity contribution in [1.82, 2.24) is 5.32 Å². The van der Waals surface area contributed by atoms with E-state index in [2.05, 4.69) is 5.32 Å². The van der Waals surface area contributed by atoms with Crippen molar-refractivity contribution in [2.45, 2.75) is 32.1 Å². The van der Waals surface area contributed by atoms with Crippen LogP contribution >= 0.6 is 11.6 Å². The van der Waals surface area contributed by atoms with Crippen LogP contribution in [0.15, 0.2) is 12.2 Å². The molecule has 4 heteroatoms. The number of carbonyl (C=O) groups is 1. The third kappa shape index (κ3) is 7.40. The maximum atomic E-state index is 11.5. The zero-order chi connectivity index (χ0) is 12.3. The minimum absolute atomic E-state index is 0.0161. The molecule has 0 bridgehead atoms. The van der Waals surface area contributed by atoms with Gasteiger partial charge < -0.3 is 10.1 Å². The molecule has 0 aliphatic carbocycles. The lowest BCUT2D eigenvalue weighted by atomic mass is 10.0. The van der Waals surface area contributed by atoms with Crippen LogP contribution in [-0.2, 0) is 9.53 Å². The number of nitrogens with one attached hydrogen (secondary N) is 1. The van der Waals surface area contributed by atoms with E-state index in [1.165, 1.54) is 0 Å². The lowest BCUT2D eigenvalue weighted by molar-refractivity contribution is -0.116. The van der Waals surface area contributed by atoms with Crippen molar-refractivity contribution in [3.63, 3.8) is 0 Å². The summed E-state index contributed by atoms with van der Waals surface area (Å²) in [4.78, 5) is 11.5. The van der Waals surface area contributed by atoms with Gasteiger partial charge >= 0.3 is 0 Å². The van der Waals surface area contributed by atoms with Gasteiger partial charge in [-0.25, -0.2) is 0 Å². The van der Waals surface area contributed by atoms with Crippen LogP contribution < -0.4 is 5.32 Å². The van der Waals surface area contributed by atoms with Crippen molar-refractivity contribution >= 4 is 17.5 Å². The van der Waals surface area contributed by atoms with Crippen molar-refractivity contribution in [1.29, 1.82) is 0 Å². The number of hydrogen-bond donors (Lipinski definition) is 1. The number of amides is 1. The van der Waals surface area contributed by atoms with Gasteiger partial charge in [0.2, 0.25) is 5.91 Å². The molecule has 1 N–H and O–H groups in total. The fourth-order valence-electron chi connectivity index (χ4n) is 1.80. The fourth-order valence-corrected chi connectivity index (χ4v) is 1.99. The van der Waals surface area contributed by atoms with Crippen LogP contribution in [0.1, 0.15) is 32.1 Å². The molecule has 0 atom stereocenters. The minimum atomic E-state index is 0.0161. The lowest BCUT2D eigenvalue weighted by Gasteiger charge is -2.21.